The monoisotopic (exact) mass is 450 g/mol. The molecule has 32 heavy (non-hydrogen) atoms. The Bertz CT molecular complexity index is 1450. The number of amides is 1. The number of nitrogens with one attached hydrogen (secondary N) is 4. The van der Waals surface area contributed by atoms with Gasteiger partial charge in [-0.1, -0.05) is 26.0 Å². The van der Waals surface area contributed by atoms with E-state index in [9.17, 15) is 18.0 Å². The molecular weight excluding hydrogens is 428 g/mol. The second-order valence-electron chi connectivity index (χ2n) is 7.70. The first-order valence-corrected chi connectivity index (χ1v) is 11.5. The summed E-state index contributed by atoms with van der Waals surface area (Å²) in [4.78, 5) is 29.0. The van der Waals surface area contributed by atoms with E-state index in [1.54, 1.807) is 12.1 Å². The molecule has 0 saturated carbocycles. The van der Waals surface area contributed by atoms with Crippen LogP contribution < -0.4 is 15.7 Å². The van der Waals surface area contributed by atoms with Crippen LogP contribution in [0.1, 0.15) is 35.7 Å². The Hall–Kier alpha value is -3.85. The molecule has 0 radical (unpaired) electrons. The van der Waals surface area contributed by atoms with Gasteiger partial charge in [-0.15, -0.1) is 0 Å². The third kappa shape index (κ3) is 4.57. The van der Waals surface area contributed by atoms with Crippen LogP contribution in [0.2, 0.25) is 0 Å². The zero-order valence-corrected chi connectivity index (χ0v) is 18.3. The molecule has 0 fully saturated rings. The second-order valence-corrected chi connectivity index (χ2v) is 9.39. The highest BCUT2D eigenvalue weighted by Gasteiger charge is 2.16. The van der Waals surface area contributed by atoms with Gasteiger partial charge in [0.25, 0.3) is 15.9 Å². The zero-order chi connectivity index (χ0) is 22.9. The Labute approximate surface area is 184 Å². The lowest BCUT2D eigenvalue weighted by Crippen LogP contribution is -2.14. The zero-order valence-electron chi connectivity index (χ0n) is 17.5. The number of carbonyl (C=O) groups is 1. The van der Waals surface area contributed by atoms with Crippen LogP contribution in [0.3, 0.4) is 0 Å². The maximum Gasteiger partial charge on any atom is 0.323 e. The van der Waals surface area contributed by atoms with E-state index in [4.69, 9.17) is 0 Å². The van der Waals surface area contributed by atoms with Crippen LogP contribution in [0.4, 0.5) is 11.4 Å². The number of benzene rings is 3. The first kappa shape index (κ1) is 21.4. The summed E-state index contributed by atoms with van der Waals surface area (Å²) in [5.74, 6) is 0.0551. The van der Waals surface area contributed by atoms with E-state index in [2.05, 4.69) is 33.9 Å². The highest BCUT2D eigenvalue weighted by Crippen LogP contribution is 2.21. The Kier molecular flexibility index (Phi) is 5.58. The molecule has 0 aliphatic carbocycles. The minimum Gasteiger partial charge on any atom is -0.322 e. The van der Waals surface area contributed by atoms with Crippen LogP contribution in [0.5, 0.6) is 0 Å². The predicted octanol–water partition coefficient (Wildman–Crippen LogP) is 4.03. The van der Waals surface area contributed by atoms with Crippen LogP contribution >= 0.6 is 0 Å². The molecule has 1 aromatic heterocycles. The van der Waals surface area contributed by atoms with Gasteiger partial charge in [0.05, 0.1) is 15.9 Å². The van der Waals surface area contributed by atoms with Crippen LogP contribution in [0.25, 0.3) is 11.0 Å². The van der Waals surface area contributed by atoms with Gasteiger partial charge >= 0.3 is 5.69 Å². The number of hydrogen-bond acceptors (Lipinski definition) is 4. The molecule has 0 spiro atoms. The fraction of sp³-hybridized carbons (Fsp3) is 0.130. The number of anilines is 2. The quantitative estimate of drug-likeness (QED) is 0.354. The summed E-state index contributed by atoms with van der Waals surface area (Å²) in [5.41, 5.74) is 3.03. The summed E-state index contributed by atoms with van der Waals surface area (Å²) in [7, 11) is -3.88. The molecule has 164 valence electrons. The van der Waals surface area contributed by atoms with Crippen molar-refractivity contribution in [3.05, 3.63) is 88.3 Å². The highest BCUT2D eigenvalue weighted by molar-refractivity contribution is 7.92. The molecule has 0 unspecified atom stereocenters. The molecule has 0 bridgehead atoms. The average molecular weight is 451 g/mol. The minimum absolute atomic E-state index is 0.00658. The standard InChI is InChI=1S/C23H22N4O4S/c1-14(2)16-4-3-5-18(12-16)24-22(28)15-6-8-17(9-7-15)27-32(30,31)19-10-11-20-21(13-19)26-23(29)25-20/h3-14,27H,1-2H3,(H,24,28)(H2,25,26,29). The van der Waals surface area contributed by atoms with Crippen LogP contribution in [0.15, 0.2) is 76.4 Å². The van der Waals surface area contributed by atoms with Crippen molar-refractivity contribution in [2.75, 3.05) is 10.0 Å². The van der Waals surface area contributed by atoms with Crippen LogP contribution in [-0.4, -0.2) is 24.3 Å². The number of aromatic nitrogens is 2. The van der Waals surface area contributed by atoms with Gasteiger partial charge < -0.3 is 15.3 Å². The van der Waals surface area contributed by atoms with Crippen molar-refractivity contribution in [3.8, 4) is 0 Å². The summed E-state index contributed by atoms with van der Waals surface area (Å²) in [5, 5.41) is 2.86. The Morgan fingerprint density at radius 2 is 1.59 bits per heavy atom. The van der Waals surface area contributed by atoms with E-state index < -0.39 is 15.7 Å². The van der Waals surface area contributed by atoms with E-state index >= 15 is 0 Å². The first-order valence-electron chi connectivity index (χ1n) is 9.97. The number of rotatable bonds is 6. The van der Waals surface area contributed by atoms with Gasteiger partial charge in [-0.2, -0.15) is 0 Å². The van der Waals surface area contributed by atoms with Gasteiger partial charge in [0, 0.05) is 16.9 Å². The van der Waals surface area contributed by atoms with Crippen molar-refractivity contribution in [1.29, 1.82) is 0 Å². The first-order chi connectivity index (χ1) is 15.2. The fourth-order valence-corrected chi connectivity index (χ4v) is 4.35. The molecule has 3 aromatic carbocycles. The smallest absolute Gasteiger partial charge is 0.322 e. The molecule has 4 N–H and O–H groups in total. The van der Waals surface area contributed by atoms with Crippen LogP contribution in [-0.2, 0) is 10.0 Å². The van der Waals surface area contributed by atoms with Gasteiger partial charge in [-0.25, -0.2) is 13.2 Å². The van der Waals surface area contributed by atoms with Crippen molar-refractivity contribution in [1.82, 2.24) is 9.97 Å². The van der Waals surface area contributed by atoms with E-state index in [0.717, 1.165) is 5.56 Å². The molecule has 0 aliphatic heterocycles. The van der Waals surface area contributed by atoms with Crippen molar-refractivity contribution in [3.63, 3.8) is 0 Å². The SMILES string of the molecule is CC(C)c1cccc(NC(=O)c2ccc(NS(=O)(=O)c3ccc4[nH]c(=O)[nH]c4c3)cc2)c1. The number of imidazole rings is 1. The summed E-state index contributed by atoms with van der Waals surface area (Å²) in [6.45, 7) is 4.16. The van der Waals surface area contributed by atoms with E-state index in [-0.39, 0.29) is 10.8 Å². The Morgan fingerprint density at radius 1 is 0.875 bits per heavy atom. The minimum atomic E-state index is -3.88. The molecule has 1 heterocycles. The molecule has 4 rings (SSSR count). The fourth-order valence-electron chi connectivity index (χ4n) is 3.26. The number of H-pyrrole nitrogens is 2. The van der Waals surface area contributed by atoms with E-state index in [1.807, 2.05) is 24.3 Å². The van der Waals surface area contributed by atoms with Gasteiger partial charge in [0.15, 0.2) is 0 Å². The molecular formula is C23H22N4O4S. The van der Waals surface area contributed by atoms with Crippen molar-refractivity contribution in [2.45, 2.75) is 24.7 Å². The number of aromatic amines is 2. The maximum atomic E-state index is 12.7. The maximum absolute atomic E-state index is 12.7. The summed E-state index contributed by atoms with van der Waals surface area (Å²) in [6.07, 6.45) is 0. The van der Waals surface area contributed by atoms with Crippen molar-refractivity contribution < 1.29 is 13.2 Å². The molecule has 1 amide bonds. The lowest BCUT2D eigenvalue weighted by atomic mass is 10.0. The number of hydrogen-bond donors (Lipinski definition) is 4. The van der Waals surface area contributed by atoms with Gasteiger partial charge in [0.2, 0.25) is 0 Å². The van der Waals surface area contributed by atoms with Crippen molar-refractivity contribution in [2.24, 2.45) is 0 Å². The number of carbonyl (C=O) groups excluding carboxylic acids is 1. The Balaban J connectivity index is 1.48. The Morgan fingerprint density at radius 3 is 2.31 bits per heavy atom. The number of sulfonamides is 1. The molecule has 4 aromatic rings. The normalized spacial score (nSPS) is 11.6. The third-order valence-electron chi connectivity index (χ3n) is 5.01. The summed E-state index contributed by atoms with van der Waals surface area (Å²) < 4.78 is 27.9. The molecule has 0 atom stereocenters. The molecule has 0 aliphatic rings. The van der Waals surface area contributed by atoms with Crippen molar-refractivity contribution >= 4 is 38.3 Å². The van der Waals surface area contributed by atoms with E-state index in [0.29, 0.717) is 33.9 Å². The lowest BCUT2D eigenvalue weighted by molar-refractivity contribution is 0.102. The predicted molar refractivity (Wildman–Crippen MR) is 125 cm³/mol. The second kappa shape index (κ2) is 8.35. The molecule has 8 nitrogen and oxygen atoms in total. The van der Waals surface area contributed by atoms with Crippen LogP contribution in [0, 0.1) is 0 Å². The topological polar surface area (TPSA) is 124 Å². The highest BCUT2D eigenvalue weighted by atomic mass is 32.2. The number of fused-ring (bicyclic) bond motifs is 1. The van der Waals surface area contributed by atoms with Gasteiger partial charge in [0.1, 0.15) is 0 Å². The van der Waals surface area contributed by atoms with Gasteiger partial charge in [-0.05, 0) is 66.1 Å². The van der Waals surface area contributed by atoms with E-state index in [1.165, 1.54) is 30.3 Å². The molecule has 9 heteroatoms. The third-order valence-corrected chi connectivity index (χ3v) is 6.39. The summed E-state index contributed by atoms with van der Waals surface area (Å²) >= 11 is 0. The summed E-state index contributed by atoms with van der Waals surface area (Å²) in [6, 6.07) is 18.1. The lowest BCUT2D eigenvalue weighted by Gasteiger charge is -2.11. The average Bonchev–Trinajstić information content (AvgIpc) is 3.13. The largest absolute Gasteiger partial charge is 0.323 e. The van der Waals surface area contributed by atoms with Gasteiger partial charge in [-0.3, -0.25) is 9.52 Å². The molecule has 0 saturated heterocycles.